The van der Waals surface area contributed by atoms with Gasteiger partial charge in [0, 0.05) is 25.2 Å². The number of carbonyl (C=O) groups excluding carboxylic acids is 3. The molecular formula is C16H29N4O3+. The van der Waals surface area contributed by atoms with Gasteiger partial charge in [-0.15, -0.1) is 0 Å². The standard InChI is InChI=1S/C16H28N4O3/c1-5-7-11-20-15(22)13(14(21)18-16(20)23)12(6-2)17-9-8-10-19(3)4/h13H,5-11H2,1-4H3,(H,18,21,23)/p+1/t13-/m1/s1. The van der Waals surface area contributed by atoms with Crippen molar-refractivity contribution in [2.45, 2.75) is 39.5 Å². The second kappa shape index (κ2) is 9.39. The molecule has 1 fully saturated rings. The molecule has 130 valence electrons. The highest BCUT2D eigenvalue weighted by atomic mass is 16.2. The molecule has 0 spiro atoms. The number of urea groups is 1. The van der Waals surface area contributed by atoms with E-state index < -0.39 is 23.8 Å². The average Bonchev–Trinajstić information content (AvgIpc) is 2.48. The zero-order valence-corrected chi connectivity index (χ0v) is 14.6. The van der Waals surface area contributed by atoms with Crippen LogP contribution in [0, 0.1) is 5.92 Å². The molecule has 2 N–H and O–H groups in total. The van der Waals surface area contributed by atoms with E-state index >= 15 is 0 Å². The zero-order chi connectivity index (χ0) is 17.4. The van der Waals surface area contributed by atoms with Crippen LogP contribution in [0.4, 0.5) is 4.79 Å². The zero-order valence-electron chi connectivity index (χ0n) is 14.6. The van der Waals surface area contributed by atoms with Gasteiger partial charge in [-0.25, -0.2) is 4.79 Å². The maximum atomic E-state index is 12.6. The number of hydrogen-bond donors (Lipinski definition) is 2. The first-order valence-electron chi connectivity index (χ1n) is 8.40. The average molecular weight is 325 g/mol. The van der Waals surface area contributed by atoms with Crippen molar-refractivity contribution < 1.29 is 19.3 Å². The largest absolute Gasteiger partial charge is 0.340 e. The summed E-state index contributed by atoms with van der Waals surface area (Å²) in [4.78, 5) is 43.4. The second-order valence-electron chi connectivity index (χ2n) is 6.11. The van der Waals surface area contributed by atoms with Crippen molar-refractivity contribution in [2.75, 3.05) is 33.7 Å². The number of rotatable bonds is 9. The van der Waals surface area contributed by atoms with Crippen LogP contribution in [0.1, 0.15) is 39.5 Å². The van der Waals surface area contributed by atoms with Crippen LogP contribution in [0.25, 0.3) is 0 Å². The minimum atomic E-state index is -0.957. The summed E-state index contributed by atoms with van der Waals surface area (Å²) in [5.41, 5.74) is 0.565. The van der Waals surface area contributed by atoms with Crippen molar-refractivity contribution in [3.63, 3.8) is 0 Å². The van der Waals surface area contributed by atoms with E-state index in [1.807, 2.05) is 13.8 Å². The van der Waals surface area contributed by atoms with Crippen LogP contribution in [0.15, 0.2) is 4.99 Å². The number of quaternary nitrogens is 1. The van der Waals surface area contributed by atoms with Crippen LogP contribution in [0.5, 0.6) is 0 Å². The summed E-state index contributed by atoms with van der Waals surface area (Å²) in [7, 11) is 4.14. The first-order chi connectivity index (χ1) is 10.9. The fourth-order valence-electron chi connectivity index (χ4n) is 2.50. The number of nitrogens with zero attached hydrogens (tertiary/aromatic N) is 2. The Morgan fingerprint density at radius 3 is 2.48 bits per heavy atom. The molecule has 1 heterocycles. The molecule has 1 aliphatic rings. The maximum Gasteiger partial charge on any atom is 0.330 e. The lowest BCUT2D eigenvalue weighted by molar-refractivity contribution is -0.858. The highest BCUT2D eigenvalue weighted by molar-refractivity contribution is 6.27. The van der Waals surface area contributed by atoms with Gasteiger partial charge < -0.3 is 4.90 Å². The van der Waals surface area contributed by atoms with Crippen molar-refractivity contribution in [3.05, 3.63) is 0 Å². The van der Waals surface area contributed by atoms with Gasteiger partial charge in [-0.05, 0) is 12.8 Å². The molecule has 1 aliphatic heterocycles. The van der Waals surface area contributed by atoms with Crippen molar-refractivity contribution in [2.24, 2.45) is 10.9 Å². The first-order valence-corrected chi connectivity index (χ1v) is 8.40. The van der Waals surface area contributed by atoms with Crippen molar-refractivity contribution in [3.8, 4) is 0 Å². The molecule has 0 bridgehead atoms. The molecule has 4 amide bonds. The lowest BCUT2D eigenvalue weighted by Gasteiger charge is -2.30. The number of aliphatic imine (C=N–C) groups is 1. The highest BCUT2D eigenvalue weighted by Crippen LogP contribution is 2.15. The van der Waals surface area contributed by atoms with Gasteiger partial charge in [-0.1, -0.05) is 20.3 Å². The van der Waals surface area contributed by atoms with Gasteiger partial charge in [0.15, 0.2) is 5.92 Å². The Morgan fingerprint density at radius 2 is 1.91 bits per heavy atom. The second-order valence-corrected chi connectivity index (χ2v) is 6.11. The van der Waals surface area contributed by atoms with Crippen molar-refractivity contribution in [1.82, 2.24) is 10.2 Å². The van der Waals surface area contributed by atoms with E-state index in [1.54, 1.807) is 0 Å². The molecule has 23 heavy (non-hydrogen) atoms. The van der Waals surface area contributed by atoms with Crippen LogP contribution in [-0.4, -0.2) is 62.2 Å². The fourth-order valence-corrected chi connectivity index (χ4v) is 2.50. The molecule has 1 rings (SSSR count). The molecular weight excluding hydrogens is 296 g/mol. The molecule has 0 unspecified atom stereocenters. The van der Waals surface area contributed by atoms with E-state index in [-0.39, 0.29) is 0 Å². The van der Waals surface area contributed by atoms with Gasteiger partial charge in [0.05, 0.1) is 20.6 Å². The van der Waals surface area contributed by atoms with Gasteiger partial charge in [-0.3, -0.25) is 24.8 Å². The SMILES string of the molecule is CCCCN1C(=O)NC(=O)[C@@H](C(CC)=NCCC[NH+](C)C)C1=O. The number of nitrogens with one attached hydrogen (secondary N) is 2. The van der Waals surface area contributed by atoms with Crippen LogP contribution in [0.3, 0.4) is 0 Å². The van der Waals surface area contributed by atoms with E-state index in [9.17, 15) is 14.4 Å². The summed E-state index contributed by atoms with van der Waals surface area (Å²) >= 11 is 0. The van der Waals surface area contributed by atoms with Crippen molar-refractivity contribution >= 4 is 23.6 Å². The van der Waals surface area contributed by atoms with Gasteiger partial charge in [0.25, 0.3) is 0 Å². The summed E-state index contributed by atoms with van der Waals surface area (Å²) in [6, 6.07) is -0.614. The summed E-state index contributed by atoms with van der Waals surface area (Å²) in [6.45, 7) is 5.77. The predicted molar refractivity (Wildman–Crippen MR) is 88.5 cm³/mol. The highest BCUT2D eigenvalue weighted by Gasteiger charge is 2.42. The van der Waals surface area contributed by atoms with Gasteiger partial charge in [-0.2, -0.15) is 0 Å². The van der Waals surface area contributed by atoms with Crippen LogP contribution >= 0.6 is 0 Å². The van der Waals surface area contributed by atoms with Gasteiger partial charge in [0.2, 0.25) is 11.8 Å². The Bertz CT molecular complexity index is 474. The Labute approximate surface area is 138 Å². The smallest absolute Gasteiger partial charge is 0.330 e. The topological polar surface area (TPSA) is 83.3 Å². The third-order valence-electron chi connectivity index (χ3n) is 3.83. The van der Waals surface area contributed by atoms with E-state index in [4.69, 9.17) is 0 Å². The number of hydrogen-bond acceptors (Lipinski definition) is 4. The minimum absolute atomic E-state index is 0.339. The van der Waals surface area contributed by atoms with E-state index in [2.05, 4.69) is 24.4 Å². The predicted octanol–water partition coefficient (Wildman–Crippen LogP) is -0.133. The van der Waals surface area contributed by atoms with Crippen LogP contribution in [-0.2, 0) is 9.59 Å². The number of barbiturate groups is 1. The number of amides is 4. The monoisotopic (exact) mass is 325 g/mol. The van der Waals surface area contributed by atoms with Gasteiger partial charge >= 0.3 is 6.03 Å². The maximum absolute atomic E-state index is 12.6. The lowest BCUT2D eigenvalue weighted by atomic mass is 9.96. The van der Waals surface area contributed by atoms with Crippen LogP contribution in [0.2, 0.25) is 0 Å². The summed E-state index contributed by atoms with van der Waals surface area (Å²) in [5.74, 6) is -1.95. The quantitative estimate of drug-likeness (QED) is 0.352. The normalized spacial score (nSPS) is 19.5. The molecule has 0 aromatic heterocycles. The number of unbranched alkanes of at least 4 members (excludes halogenated alkanes) is 1. The minimum Gasteiger partial charge on any atom is -0.340 e. The van der Waals surface area contributed by atoms with E-state index in [1.165, 1.54) is 4.90 Å². The molecule has 0 saturated carbocycles. The third kappa shape index (κ3) is 5.42. The Morgan fingerprint density at radius 1 is 1.22 bits per heavy atom. The van der Waals surface area contributed by atoms with Crippen LogP contribution < -0.4 is 10.2 Å². The Balaban J connectivity index is 2.83. The molecule has 7 heteroatoms. The molecule has 7 nitrogen and oxygen atoms in total. The molecule has 0 radical (unpaired) electrons. The Kier molecular flexibility index (Phi) is 7.88. The number of imide groups is 2. The first kappa shape index (κ1) is 19.3. The summed E-state index contributed by atoms with van der Waals surface area (Å²) < 4.78 is 0. The molecule has 0 aliphatic carbocycles. The lowest BCUT2D eigenvalue weighted by Crippen LogP contribution is -3.05. The van der Waals surface area contributed by atoms with Gasteiger partial charge in [0.1, 0.15) is 0 Å². The Hall–Kier alpha value is -1.76. The molecule has 1 atom stereocenters. The van der Waals surface area contributed by atoms with E-state index in [0.29, 0.717) is 25.2 Å². The molecule has 0 aromatic carbocycles. The third-order valence-corrected chi connectivity index (χ3v) is 3.83. The molecule has 1 saturated heterocycles. The summed E-state index contributed by atoms with van der Waals surface area (Å²) in [6.07, 6.45) is 3.02. The molecule has 0 aromatic rings. The van der Waals surface area contributed by atoms with E-state index in [0.717, 1.165) is 30.7 Å². The van der Waals surface area contributed by atoms with Crippen molar-refractivity contribution in [1.29, 1.82) is 0 Å². The number of carbonyl (C=O) groups is 3. The summed E-state index contributed by atoms with van der Waals surface area (Å²) in [5, 5.41) is 2.28. The fraction of sp³-hybridized carbons (Fsp3) is 0.750.